The van der Waals surface area contributed by atoms with Crippen LogP contribution in [0.15, 0.2) is 103 Å². The van der Waals surface area contributed by atoms with Gasteiger partial charge < -0.3 is 14.2 Å². The molecule has 1 unspecified atom stereocenters. The van der Waals surface area contributed by atoms with Crippen LogP contribution in [0.4, 0.5) is 0 Å². The van der Waals surface area contributed by atoms with Crippen LogP contribution in [0.25, 0.3) is 12.2 Å². The molecule has 2 aromatic carbocycles. The fraction of sp³-hybridized carbons (Fsp3) is 0.182. The molecule has 6 nitrogen and oxygen atoms in total. The van der Waals surface area contributed by atoms with Crippen molar-refractivity contribution in [1.82, 2.24) is 0 Å². The predicted molar refractivity (Wildman–Crippen MR) is 153 cm³/mol. The average Bonchev–Trinajstić information content (AvgIpc) is 2.89. The number of esters is 3. The Labute approximate surface area is 229 Å². The van der Waals surface area contributed by atoms with E-state index in [0.717, 1.165) is 11.1 Å². The first-order valence-electron chi connectivity index (χ1n) is 12.3. The molecule has 0 N–H and O–H groups in total. The van der Waals surface area contributed by atoms with Gasteiger partial charge in [-0.25, -0.2) is 14.4 Å². The van der Waals surface area contributed by atoms with E-state index in [2.05, 4.69) is 26.7 Å². The summed E-state index contributed by atoms with van der Waals surface area (Å²) in [6.45, 7) is 17.7. The molecule has 0 spiro atoms. The van der Waals surface area contributed by atoms with Gasteiger partial charge in [-0.1, -0.05) is 69.2 Å². The molecule has 2 aromatic rings. The van der Waals surface area contributed by atoms with Crippen LogP contribution in [0.5, 0.6) is 11.5 Å². The summed E-state index contributed by atoms with van der Waals surface area (Å²) >= 11 is 0. The minimum absolute atomic E-state index is 0.283. The van der Waals surface area contributed by atoms with Crippen molar-refractivity contribution in [2.45, 2.75) is 39.5 Å². The molecule has 0 saturated heterocycles. The van der Waals surface area contributed by atoms with E-state index >= 15 is 0 Å². The number of carbonyl (C=O) groups is 3. The second kappa shape index (κ2) is 12.2. The summed E-state index contributed by atoms with van der Waals surface area (Å²) in [7, 11) is 0. The molecule has 6 heteroatoms. The molecule has 3 rings (SSSR count). The SMILES string of the molecule is C=C(C)C(=O)OC1=CCC(C)(c2ccc(/C=C/c3ccc(OC(=O)C(=C)C)cc3)c(OC(=O)C(=C)C)c2)C=C1. The van der Waals surface area contributed by atoms with Crippen molar-refractivity contribution in [3.8, 4) is 11.5 Å². The Hall–Kier alpha value is -4.71. The Morgan fingerprint density at radius 1 is 0.795 bits per heavy atom. The highest BCUT2D eigenvalue weighted by Gasteiger charge is 2.27. The lowest BCUT2D eigenvalue weighted by Crippen LogP contribution is -2.21. The first-order chi connectivity index (χ1) is 18.4. The zero-order valence-electron chi connectivity index (χ0n) is 22.7. The van der Waals surface area contributed by atoms with Gasteiger partial charge in [0, 0.05) is 27.7 Å². The minimum Gasteiger partial charge on any atom is -0.424 e. The van der Waals surface area contributed by atoms with Crippen LogP contribution < -0.4 is 9.47 Å². The molecule has 0 fully saturated rings. The van der Waals surface area contributed by atoms with E-state index in [-0.39, 0.29) is 5.57 Å². The minimum atomic E-state index is -0.524. The number of hydrogen-bond donors (Lipinski definition) is 0. The lowest BCUT2D eigenvalue weighted by atomic mass is 9.76. The molecule has 1 aliphatic rings. The standard InChI is InChI=1S/C33H32O6/c1-21(2)30(34)37-27-14-9-24(10-15-27)8-11-25-12-13-26(20-29(25)39-32(36)23(5)6)33(7)18-16-28(17-19-33)38-31(35)22(3)4/h8-18,20H,1,3,5,19H2,2,4,6-7H3/b11-8+. The normalized spacial score (nSPS) is 16.3. The van der Waals surface area contributed by atoms with Crippen LogP contribution in [0, 0.1) is 0 Å². The van der Waals surface area contributed by atoms with Gasteiger partial charge in [0.25, 0.3) is 0 Å². The lowest BCUT2D eigenvalue weighted by molar-refractivity contribution is -0.134. The fourth-order valence-corrected chi connectivity index (χ4v) is 3.53. The van der Waals surface area contributed by atoms with Crippen molar-refractivity contribution >= 4 is 30.1 Å². The van der Waals surface area contributed by atoms with Gasteiger partial charge in [-0.15, -0.1) is 0 Å². The van der Waals surface area contributed by atoms with Gasteiger partial charge in [0.05, 0.1) is 0 Å². The third-order valence-electron chi connectivity index (χ3n) is 6.02. The van der Waals surface area contributed by atoms with E-state index in [0.29, 0.717) is 40.4 Å². The van der Waals surface area contributed by atoms with Gasteiger partial charge in [0.1, 0.15) is 17.3 Å². The Balaban J connectivity index is 1.85. The van der Waals surface area contributed by atoms with Gasteiger partial charge in [-0.2, -0.15) is 0 Å². The molecular formula is C33H32O6. The van der Waals surface area contributed by atoms with Crippen molar-refractivity contribution < 1.29 is 28.6 Å². The molecule has 0 aromatic heterocycles. The number of ether oxygens (including phenoxy) is 3. The molecule has 0 aliphatic heterocycles. The predicted octanol–water partition coefficient (Wildman–Crippen LogP) is 7.04. The Morgan fingerprint density at radius 2 is 1.38 bits per heavy atom. The highest BCUT2D eigenvalue weighted by molar-refractivity contribution is 5.90. The van der Waals surface area contributed by atoms with Crippen LogP contribution in [-0.4, -0.2) is 17.9 Å². The molecule has 0 radical (unpaired) electrons. The maximum atomic E-state index is 12.4. The zero-order chi connectivity index (χ0) is 28.7. The Morgan fingerprint density at radius 3 is 1.95 bits per heavy atom. The van der Waals surface area contributed by atoms with E-state index in [1.165, 1.54) is 0 Å². The van der Waals surface area contributed by atoms with E-state index in [9.17, 15) is 14.4 Å². The monoisotopic (exact) mass is 524 g/mol. The maximum absolute atomic E-state index is 12.4. The second-order valence-electron chi connectivity index (χ2n) is 9.73. The second-order valence-corrected chi connectivity index (χ2v) is 9.73. The van der Waals surface area contributed by atoms with Gasteiger partial charge in [0.15, 0.2) is 0 Å². The van der Waals surface area contributed by atoms with E-state index in [4.69, 9.17) is 14.2 Å². The number of allylic oxidation sites excluding steroid dienone is 3. The summed E-state index contributed by atoms with van der Waals surface area (Å²) in [5.74, 6) is -0.202. The average molecular weight is 525 g/mol. The number of hydrogen-bond acceptors (Lipinski definition) is 6. The van der Waals surface area contributed by atoms with Crippen molar-refractivity contribution in [2.75, 3.05) is 0 Å². The number of benzene rings is 2. The Bertz CT molecular complexity index is 1440. The third kappa shape index (κ3) is 7.65. The van der Waals surface area contributed by atoms with Gasteiger partial charge >= 0.3 is 17.9 Å². The lowest BCUT2D eigenvalue weighted by Gasteiger charge is -2.29. The molecule has 0 heterocycles. The summed E-state index contributed by atoms with van der Waals surface area (Å²) in [5, 5.41) is 0. The number of carbonyl (C=O) groups excluding carboxylic acids is 3. The molecule has 0 amide bonds. The highest BCUT2D eigenvalue weighted by atomic mass is 16.5. The first-order valence-corrected chi connectivity index (χ1v) is 12.3. The maximum Gasteiger partial charge on any atom is 0.338 e. The van der Waals surface area contributed by atoms with Crippen molar-refractivity contribution in [3.05, 3.63) is 120 Å². The van der Waals surface area contributed by atoms with Crippen LogP contribution in [-0.2, 0) is 24.5 Å². The van der Waals surface area contributed by atoms with Crippen LogP contribution in [0.1, 0.15) is 50.8 Å². The summed E-state index contributed by atoms with van der Waals surface area (Å²) in [6, 6.07) is 12.7. The fourth-order valence-electron chi connectivity index (χ4n) is 3.53. The summed E-state index contributed by atoms with van der Waals surface area (Å²) in [6.07, 6.45) is 9.86. The molecule has 0 saturated carbocycles. The third-order valence-corrected chi connectivity index (χ3v) is 6.02. The van der Waals surface area contributed by atoms with Gasteiger partial charge in [-0.3, -0.25) is 0 Å². The quantitative estimate of drug-likeness (QED) is 0.152. The molecule has 0 bridgehead atoms. The van der Waals surface area contributed by atoms with Crippen molar-refractivity contribution in [3.63, 3.8) is 0 Å². The van der Waals surface area contributed by atoms with Crippen LogP contribution >= 0.6 is 0 Å². The van der Waals surface area contributed by atoms with Crippen LogP contribution in [0.3, 0.4) is 0 Å². The topological polar surface area (TPSA) is 78.9 Å². The largest absolute Gasteiger partial charge is 0.424 e. The van der Waals surface area contributed by atoms with Crippen molar-refractivity contribution in [2.24, 2.45) is 0 Å². The smallest absolute Gasteiger partial charge is 0.338 e. The van der Waals surface area contributed by atoms with Crippen LogP contribution in [0.2, 0.25) is 0 Å². The van der Waals surface area contributed by atoms with E-state index in [1.54, 1.807) is 39.0 Å². The van der Waals surface area contributed by atoms with Gasteiger partial charge in [0.2, 0.25) is 0 Å². The molecule has 1 aliphatic carbocycles. The highest BCUT2D eigenvalue weighted by Crippen LogP contribution is 2.37. The van der Waals surface area contributed by atoms with E-state index in [1.807, 2.05) is 54.6 Å². The summed E-state index contributed by atoms with van der Waals surface area (Å²) in [4.78, 5) is 36.0. The Kier molecular flexibility index (Phi) is 9.04. The van der Waals surface area contributed by atoms with E-state index < -0.39 is 23.3 Å². The molecule has 1 atom stereocenters. The summed E-state index contributed by atoms with van der Waals surface area (Å²) in [5.41, 5.74) is 2.99. The zero-order valence-corrected chi connectivity index (χ0v) is 22.7. The van der Waals surface area contributed by atoms with Crippen molar-refractivity contribution in [1.29, 1.82) is 0 Å². The first kappa shape index (κ1) is 28.9. The molecule has 39 heavy (non-hydrogen) atoms. The number of rotatable bonds is 9. The van der Waals surface area contributed by atoms with Gasteiger partial charge in [-0.05, 0) is 68.7 Å². The molecular weight excluding hydrogens is 492 g/mol. The molecule has 200 valence electrons. The summed E-state index contributed by atoms with van der Waals surface area (Å²) < 4.78 is 16.2.